The lowest BCUT2D eigenvalue weighted by molar-refractivity contribution is -0.149. The van der Waals surface area contributed by atoms with E-state index in [1.807, 2.05) is 74.5 Å². The number of amides is 3. The largest absolute Gasteiger partial charge is 0.494 e. The van der Waals surface area contributed by atoms with Crippen molar-refractivity contribution in [2.45, 2.75) is 56.5 Å². The maximum absolute atomic E-state index is 14.5. The molecular weight excluding hydrogens is 546 g/mol. The van der Waals surface area contributed by atoms with E-state index in [4.69, 9.17) is 9.47 Å². The average molecular weight is 584 g/mol. The molecule has 3 amide bonds. The second kappa shape index (κ2) is 11.5. The van der Waals surface area contributed by atoms with Gasteiger partial charge in [-0.3, -0.25) is 14.4 Å². The minimum absolute atomic E-state index is 0.271. The number of ether oxygens (including phenoxy) is 2. The van der Waals surface area contributed by atoms with Crippen molar-refractivity contribution in [2.75, 3.05) is 18.5 Å². The molecule has 3 aromatic carbocycles. The minimum atomic E-state index is -1.21. The summed E-state index contributed by atoms with van der Waals surface area (Å²) in [5, 5.41) is 16.6. The van der Waals surface area contributed by atoms with E-state index in [0.717, 1.165) is 5.56 Å². The van der Waals surface area contributed by atoms with E-state index in [1.54, 1.807) is 24.3 Å². The predicted molar refractivity (Wildman–Crippen MR) is 160 cm³/mol. The van der Waals surface area contributed by atoms with Crippen LogP contribution in [0.25, 0.3) is 0 Å². The third-order valence-electron chi connectivity index (χ3n) is 9.18. The fourth-order valence-electron chi connectivity index (χ4n) is 7.33. The number of aliphatic hydroxyl groups is 1. The molecule has 224 valence electrons. The predicted octanol–water partition coefficient (Wildman–Crippen LogP) is 3.84. The molecule has 3 fully saturated rings. The van der Waals surface area contributed by atoms with Crippen LogP contribution >= 0.6 is 0 Å². The summed E-state index contributed by atoms with van der Waals surface area (Å²) >= 11 is 0. The zero-order chi connectivity index (χ0) is 30.2. The summed E-state index contributed by atoms with van der Waals surface area (Å²) < 4.78 is 12.2. The highest BCUT2D eigenvalue weighted by atomic mass is 16.5. The highest BCUT2D eigenvalue weighted by molar-refractivity contribution is 6.02. The van der Waals surface area contributed by atoms with Gasteiger partial charge < -0.3 is 30.1 Å². The number of nitrogens with zero attached hydrogens (tertiary/aromatic N) is 1. The Morgan fingerprint density at radius 3 is 2.33 bits per heavy atom. The number of hydrogen-bond donors (Lipinski definition) is 3. The molecule has 3 heterocycles. The van der Waals surface area contributed by atoms with Crippen molar-refractivity contribution in [2.24, 2.45) is 11.8 Å². The SMILES string of the molecule is CCOc1ccc(NC(=O)[C@H]2[C@H]3C(=O)N([C@H](CO)c4ccccc4)C(C(=O)NCc4ccccc4)C34CC[C@]2(C)O4)cc1. The van der Waals surface area contributed by atoms with Crippen LogP contribution in [-0.4, -0.2) is 58.2 Å². The van der Waals surface area contributed by atoms with Crippen LogP contribution in [0.2, 0.25) is 0 Å². The Balaban J connectivity index is 1.35. The Bertz CT molecular complexity index is 1480. The summed E-state index contributed by atoms with van der Waals surface area (Å²) in [7, 11) is 0. The standard InChI is InChI=1S/C34H37N3O6/c1-3-42-25-16-14-24(15-17-25)36-30(39)27-28-32(41)37(26(21-38)23-12-8-5-9-13-23)29(34(28)19-18-33(27,2)43-34)31(40)35-20-22-10-6-4-7-11-22/h4-17,26-29,38H,3,18-21H2,1-2H3,(H,35,40)(H,36,39)/t26-,27-,28+,29?,33+,34?/m1/s1. The van der Waals surface area contributed by atoms with Gasteiger partial charge in [-0.15, -0.1) is 0 Å². The van der Waals surface area contributed by atoms with Gasteiger partial charge in [-0.1, -0.05) is 60.7 Å². The maximum Gasteiger partial charge on any atom is 0.246 e. The summed E-state index contributed by atoms with van der Waals surface area (Å²) in [5.41, 5.74) is 0.0490. The van der Waals surface area contributed by atoms with Gasteiger partial charge in [-0.25, -0.2) is 0 Å². The van der Waals surface area contributed by atoms with Crippen molar-refractivity contribution < 1.29 is 29.0 Å². The quantitative estimate of drug-likeness (QED) is 0.334. The fourth-order valence-corrected chi connectivity index (χ4v) is 7.33. The van der Waals surface area contributed by atoms with Crippen molar-refractivity contribution in [1.82, 2.24) is 10.2 Å². The van der Waals surface area contributed by atoms with Crippen molar-refractivity contribution in [3.63, 3.8) is 0 Å². The molecule has 0 radical (unpaired) electrons. The maximum atomic E-state index is 14.5. The lowest BCUT2D eigenvalue weighted by Crippen LogP contribution is -2.56. The van der Waals surface area contributed by atoms with Crippen LogP contribution in [0.4, 0.5) is 5.69 Å². The van der Waals surface area contributed by atoms with Crippen LogP contribution in [0.5, 0.6) is 5.75 Å². The van der Waals surface area contributed by atoms with Crippen LogP contribution < -0.4 is 15.4 Å². The number of anilines is 1. The number of benzene rings is 3. The summed E-state index contributed by atoms with van der Waals surface area (Å²) in [5.74, 6) is -2.10. The number of likely N-dealkylation sites (tertiary alicyclic amines) is 1. The van der Waals surface area contributed by atoms with Gasteiger partial charge in [0.05, 0.1) is 36.7 Å². The first-order valence-corrected chi connectivity index (χ1v) is 14.8. The van der Waals surface area contributed by atoms with Gasteiger partial charge in [0.15, 0.2) is 0 Å². The van der Waals surface area contributed by atoms with E-state index >= 15 is 0 Å². The van der Waals surface area contributed by atoms with Gasteiger partial charge >= 0.3 is 0 Å². The molecule has 3 aliphatic rings. The second-order valence-corrected chi connectivity index (χ2v) is 11.7. The molecule has 43 heavy (non-hydrogen) atoms. The molecule has 9 heteroatoms. The van der Waals surface area contributed by atoms with Crippen LogP contribution in [0.15, 0.2) is 84.9 Å². The van der Waals surface area contributed by atoms with Gasteiger partial charge in [-0.2, -0.15) is 0 Å². The van der Waals surface area contributed by atoms with Gasteiger partial charge in [0.2, 0.25) is 17.7 Å². The Kier molecular flexibility index (Phi) is 7.70. The van der Waals surface area contributed by atoms with E-state index in [-0.39, 0.29) is 30.9 Å². The highest BCUT2D eigenvalue weighted by Crippen LogP contribution is 2.64. The van der Waals surface area contributed by atoms with Crippen molar-refractivity contribution >= 4 is 23.4 Å². The monoisotopic (exact) mass is 583 g/mol. The summed E-state index contributed by atoms with van der Waals surface area (Å²) in [6.45, 7) is 4.18. The number of nitrogens with one attached hydrogen (secondary N) is 2. The molecule has 2 unspecified atom stereocenters. The summed E-state index contributed by atoms with van der Waals surface area (Å²) in [6.07, 6.45) is 0.961. The lowest BCUT2D eigenvalue weighted by Gasteiger charge is -2.37. The first-order valence-electron chi connectivity index (χ1n) is 14.8. The molecule has 9 nitrogen and oxygen atoms in total. The molecule has 0 aliphatic carbocycles. The Labute approximate surface area is 251 Å². The molecule has 3 aromatic rings. The molecule has 1 spiro atoms. The van der Waals surface area contributed by atoms with E-state index in [1.165, 1.54) is 4.90 Å². The van der Waals surface area contributed by atoms with Crippen molar-refractivity contribution in [3.05, 3.63) is 96.1 Å². The number of carbonyl (C=O) groups excluding carboxylic acids is 3. The topological polar surface area (TPSA) is 117 Å². The minimum Gasteiger partial charge on any atom is -0.494 e. The van der Waals surface area contributed by atoms with Gasteiger partial charge in [0, 0.05) is 12.2 Å². The Morgan fingerprint density at radius 1 is 1.00 bits per heavy atom. The van der Waals surface area contributed by atoms with Crippen LogP contribution in [0.3, 0.4) is 0 Å². The second-order valence-electron chi connectivity index (χ2n) is 11.7. The van der Waals surface area contributed by atoms with Gasteiger partial charge in [0.1, 0.15) is 17.4 Å². The average Bonchev–Trinajstić information content (AvgIpc) is 3.59. The van der Waals surface area contributed by atoms with Gasteiger partial charge in [0.25, 0.3) is 0 Å². The molecule has 3 saturated heterocycles. The number of aliphatic hydroxyl groups excluding tert-OH is 1. The summed E-state index contributed by atoms with van der Waals surface area (Å²) in [6, 6.07) is 24.0. The smallest absolute Gasteiger partial charge is 0.246 e. The molecule has 3 N–H and O–H groups in total. The Hall–Kier alpha value is -4.21. The molecule has 3 aliphatic heterocycles. The molecule has 0 saturated carbocycles. The third kappa shape index (κ3) is 4.96. The summed E-state index contributed by atoms with van der Waals surface area (Å²) in [4.78, 5) is 44.1. The first kappa shape index (κ1) is 28.9. The number of hydrogen-bond acceptors (Lipinski definition) is 6. The van der Waals surface area contributed by atoms with E-state index in [9.17, 15) is 19.5 Å². The molecule has 6 atom stereocenters. The van der Waals surface area contributed by atoms with E-state index < -0.39 is 35.1 Å². The zero-order valence-electron chi connectivity index (χ0n) is 24.4. The van der Waals surface area contributed by atoms with Crippen LogP contribution in [0.1, 0.15) is 43.9 Å². The van der Waals surface area contributed by atoms with Crippen molar-refractivity contribution in [1.29, 1.82) is 0 Å². The molecule has 0 aromatic heterocycles. The normalized spacial score (nSPS) is 27.9. The van der Waals surface area contributed by atoms with Crippen molar-refractivity contribution in [3.8, 4) is 5.75 Å². The molecule has 2 bridgehead atoms. The number of rotatable bonds is 10. The number of fused-ring (bicyclic) bond motifs is 1. The zero-order valence-corrected chi connectivity index (χ0v) is 24.4. The van der Waals surface area contributed by atoms with Gasteiger partial charge in [-0.05, 0) is 62.1 Å². The molecule has 6 rings (SSSR count). The van der Waals surface area contributed by atoms with Crippen LogP contribution in [-0.2, 0) is 25.7 Å². The van der Waals surface area contributed by atoms with E-state index in [2.05, 4.69) is 10.6 Å². The fraction of sp³-hybridized carbons (Fsp3) is 0.382. The Morgan fingerprint density at radius 2 is 1.67 bits per heavy atom. The first-order chi connectivity index (χ1) is 20.8. The number of carbonyl (C=O) groups is 3. The third-order valence-corrected chi connectivity index (χ3v) is 9.18. The highest BCUT2D eigenvalue weighted by Gasteiger charge is 2.78. The van der Waals surface area contributed by atoms with E-state index in [0.29, 0.717) is 36.4 Å². The molecular formula is C34H37N3O6. The van der Waals surface area contributed by atoms with Crippen LogP contribution in [0, 0.1) is 11.8 Å². The lowest BCUT2D eigenvalue weighted by atomic mass is 9.66.